The number of nitrogens with one attached hydrogen (secondary N) is 1. The molecule has 1 aromatic heterocycles. The van der Waals surface area contributed by atoms with Crippen LogP contribution < -0.4 is 0 Å². The lowest BCUT2D eigenvalue weighted by Gasteiger charge is -2.21. The molecule has 6 heteroatoms. The summed E-state index contributed by atoms with van der Waals surface area (Å²) < 4.78 is 0. The maximum absolute atomic E-state index is 12.9. The molecule has 0 radical (unpaired) electrons. The summed E-state index contributed by atoms with van der Waals surface area (Å²) in [6.07, 6.45) is 3.62. The molecular formula is C18H22ClN3O2. The van der Waals surface area contributed by atoms with Crippen molar-refractivity contribution in [1.29, 1.82) is 0 Å². The topological polar surface area (TPSA) is 69.2 Å². The van der Waals surface area contributed by atoms with E-state index in [2.05, 4.69) is 9.97 Å². The van der Waals surface area contributed by atoms with Gasteiger partial charge in [0.2, 0.25) is 0 Å². The van der Waals surface area contributed by atoms with Crippen molar-refractivity contribution in [2.75, 3.05) is 13.2 Å². The summed E-state index contributed by atoms with van der Waals surface area (Å²) in [5.74, 6) is 0.627. The summed E-state index contributed by atoms with van der Waals surface area (Å²) >= 11 is 6.04. The van der Waals surface area contributed by atoms with Gasteiger partial charge in [-0.3, -0.25) is 4.79 Å². The Kier molecular flexibility index (Phi) is 5.21. The molecule has 1 aromatic carbocycles. The third-order valence-electron chi connectivity index (χ3n) is 4.24. The Morgan fingerprint density at radius 1 is 1.42 bits per heavy atom. The molecule has 0 unspecified atom stereocenters. The molecule has 0 bridgehead atoms. The number of rotatable bonds is 7. The SMILES string of the molecule is Cc1[nH]c(-c2cccc(Cl)c2)nc1C(=O)N(CCCCO)C1CC1. The first-order valence-electron chi connectivity index (χ1n) is 8.34. The number of unbranched alkanes of at least 4 members (excludes halogenated alkanes) is 1. The van der Waals surface area contributed by atoms with Crippen molar-refractivity contribution < 1.29 is 9.90 Å². The molecule has 5 nitrogen and oxygen atoms in total. The van der Waals surface area contributed by atoms with E-state index < -0.39 is 0 Å². The number of amides is 1. The van der Waals surface area contributed by atoms with Crippen LogP contribution in [-0.2, 0) is 0 Å². The van der Waals surface area contributed by atoms with E-state index in [0.29, 0.717) is 35.5 Å². The number of carbonyl (C=O) groups is 1. The highest BCUT2D eigenvalue weighted by Crippen LogP contribution is 2.29. The summed E-state index contributed by atoms with van der Waals surface area (Å²) in [6, 6.07) is 7.74. The molecule has 0 saturated heterocycles. The van der Waals surface area contributed by atoms with Gasteiger partial charge in [0.1, 0.15) is 11.5 Å². The zero-order valence-electron chi connectivity index (χ0n) is 13.8. The smallest absolute Gasteiger partial charge is 0.274 e. The predicted molar refractivity (Wildman–Crippen MR) is 94.1 cm³/mol. The van der Waals surface area contributed by atoms with E-state index in [1.165, 1.54) is 0 Å². The van der Waals surface area contributed by atoms with E-state index in [1.54, 1.807) is 0 Å². The summed E-state index contributed by atoms with van der Waals surface area (Å²) in [5.41, 5.74) is 2.10. The van der Waals surface area contributed by atoms with Gasteiger partial charge in [0, 0.05) is 35.5 Å². The average Bonchev–Trinajstić information content (AvgIpc) is 3.32. The molecule has 1 aliphatic carbocycles. The minimum absolute atomic E-state index is 0.0301. The van der Waals surface area contributed by atoms with Gasteiger partial charge >= 0.3 is 0 Å². The van der Waals surface area contributed by atoms with E-state index in [0.717, 1.165) is 30.5 Å². The van der Waals surface area contributed by atoms with Crippen molar-refractivity contribution in [2.24, 2.45) is 0 Å². The number of nitrogens with zero attached hydrogens (tertiary/aromatic N) is 2. The lowest BCUT2D eigenvalue weighted by Crippen LogP contribution is -2.34. The molecule has 1 amide bonds. The highest BCUT2D eigenvalue weighted by Gasteiger charge is 2.34. The number of aromatic nitrogens is 2. The minimum atomic E-state index is -0.0301. The molecule has 2 aromatic rings. The molecular weight excluding hydrogens is 326 g/mol. The fourth-order valence-electron chi connectivity index (χ4n) is 2.81. The summed E-state index contributed by atoms with van der Waals surface area (Å²) in [5, 5.41) is 9.59. The number of benzene rings is 1. The second-order valence-electron chi connectivity index (χ2n) is 6.23. The molecule has 0 spiro atoms. The third kappa shape index (κ3) is 3.79. The van der Waals surface area contributed by atoms with Gasteiger partial charge in [0.15, 0.2) is 0 Å². The highest BCUT2D eigenvalue weighted by molar-refractivity contribution is 6.30. The standard InChI is InChI=1S/C18H22ClN3O2/c1-12-16(18(24)22(15-7-8-15)9-2-3-10-23)21-17(20-12)13-5-4-6-14(19)11-13/h4-6,11,15,23H,2-3,7-10H2,1H3,(H,20,21). The first-order chi connectivity index (χ1) is 11.6. The molecule has 0 atom stereocenters. The Morgan fingerprint density at radius 3 is 2.88 bits per heavy atom. The predicted octanol–water partition coefficient (Wildman–Crippen LogP) is 3.42. The Bertz CT molecular complexity index is 725. The van der Waals surface area contributed by atoms with Gasteiger partial charge in [-0.2, -0.15) is 0 Å². The Labute approximate surface area is 146 Å². The zero-order chi connectivity index (χ0) is 17.1. The van der Waals surface area contributed by atoms with Gasteiger partial charge in [0.25, 0.3) is 5.91 Å². The summed E-state index contributed by atoms with van der Waals surface area (Å²) in [4.78, 5) is 22.5. The largest absolute Gasteiger partial charge is 0.396 e. The number of aromatic amines is 1. The number of aliphatic hydroxyl groups is 1. The molecule has 1 heterocycles. The van der Waals surface area contributed by atoms with Gasteiger partial charge in [-0.15, -0.1) is 0 Å². The van der Waals surface area contributed by atoms with Gasteiger partial charge in [-0.25, -0.2) is 4.98 Å². The molecule has 0 aliphatic heterocycles. The van der Waals surface area contributed by atoms with Crippen LogP contribution in [0, 0.1) is 6.92 Å². The molecule has 24 heavy (non-hydrogen) atoms. The number of hydrogen-bond acceptors (Lipinski definition) is 3. The third-order valence-corrected chi connectivity index (χ3v) is 4.48. The number of aryl methyl sites for hydroxylation is 1. The highest BCUT2D eigenvalue weighted by atomic mass is 35.5. The molecule has 128 valence electrons. The van der Waals surface area contributed by atoms with Crippen molar-refractivity contribution >= 4 is 17.5 Å². The first kappa shape index (κ1) is 17.0. The molecule has 1 aliphatic rings. The van der Waals surface area contributed by atoms with Crippen molar-refractivity contribution in [3.63, 3.8) is 0 Å². The van der Waals surface area contributed by atoms with Crippen molar-refractivity contribution in [1.82, 2.24) is 14.9 Å². The average molecular weight is 348 g/mol. The van der Waals surface area contributed by atoms with Crippen LogP contribution in [0.15, 0.2) is 24.3 Å². The monoisotopic (exact) mass is 347 g/mol. The van der Waals surface area contributed by atoms with Crippen molar-refractivity contribution in [2.45, 2.75) is 38.6 Å². The van der Waals surface area contributed by atoms with E-state index in [-0.39, 0.29) is 12.5 Å². The first-order valence-corrected chi connectivity index (χ1v) is 8.72. The fraction of sp³-hybridized carbons (Fsp3) is 0.444. The van der Waals surface area contributed by atoms with Crippen LogP contribution in [0.5, 0.6) is 0 Å². The number of imidazole rings is 1. The second-order valence-corrected chi connectivity index (χ2v) is 6.67. The van der Waals surface area contributed by atoms with E-state index in [1.807, 2.05) is 36.1 Å². The lowest BCUT2D eigenvalue weighted by atomic mass is 10.2. The number of halogens is 1. The number of H-pyrrole nitrogens is 1. The van der Waals surface area contributed by atoms with Crippen LogP contribution in [0.3, 0.4) is 0 Å². The van der Waals surface area contributed by atoms with Crippen LogP contribution in [0.2, 0.25) is 5.02 Å². The van der Waals surface area contributed by atoms with E-state index in [4.69, 9.17) is 16.7 Å². The normalized spacial score (nSPS) is 14.0. The summed E-state index contributed by atoms with van der Waals surface area (Å²) in [7, 11) is 0. The quantitative estimate of drug-likeness (QED) is 0.754. The molecule has 3 rings (SSSR count). The Hall–Kier alpha value is -1.85. The maximum Gasteiger partial charge on any atom is 0.274 e. The minimum Gasteiger partial charge on any atom is -0.396 e. The molecule has 2 N–H and O–H groups in total. The Balaban J connectivity index is 1.81. The molecule has 1 saturated carbocycles. The number of hydrogen-bond donors (Lipinski definition) is 2. The number of carbonyl (C=O) groups excluding carboxylic acids is 1. The summed E-state index contributed by atoms with van der Waals surface area (Å²) in [6.45, 7) is 2.70. The second kappa shape index (κ2) is 7.36. The fourth-order valence-corrected chi connectivity index (χ4v) is 3.00. The lowest BCUT2D eigenvalue weighted by molar-refractivity contribution is 0.0731. The van der Waals surface area contributed by atoms with Gasteiger partial charge in [0.05, 0.1) is 0 Å². The van der Waals surface area contributed by atoms with Crippen LogP contribution in [0.4, 0.5) is 0 Å². The van der Waals surface area contributed by atoms with Crippen LogP contribution in [0.1, 0.15) is 41.9 Å². The maximum atomic E-state index is 12.9. The van der Waals surface area contributed by atoms with E-state index >= 15 is 0 Å². The van der Waals surface area contributed by atoms with E-state index in [9.17, 15) is 4.79 Å². The molecule has 1 fully saturated rings. The van der Waals surface area contributed by atoms with Crippen molar-refractivity contribution in [3.8, 4) is 11.4 Å². The Morgan fingerprint density at radius 2 is 2.21 bits per heavy atom. The zero-order valence-corrected chi connectivity index (χ0v) is 14.5. The van der Waals surface area contributed by atoms with Crippen LogP contribution in [-0.4, -0.2) is 45.1 Å². The van der Waals surface area contributed by atoms with Gasteiger partial charge in [-0.05, 0) is 44.7 Å². The van der Waals surface area contributed by atoms with Gasteiger partial charge in [-0.1, -0.05) is 23.7 Å². The van der Waals surface area contributed by atoms with Crippen LogP contribution in [0.25, 0.3) is 11.4 Å². The number of aliphatic hydroxyl groups excluding tert-OH is 1. The van der Waals surface area contributed by atoms with Gasteiger partial charge < -0.3 is 15.0 Å². The van der Waals surface area contributed by atoms with Crippen LogP contribution >= 0.6 is 11.6 Å². The van der Waals surface area contributed by atoms with Crippen molar-refractivity contribution in [3.05, 3.63) is 40.7 Å².